The number of sulfone groups is 1. The van der Waals surface area contributed by atoms with Gasteiger partial charge in [-0.15, -0.1) is 0 Å². The van der Waals surface area contributed by atoms with Crippen LogP contribution < -0.4 is 0 Å². The molecular formula is C13H17ClN2O4S. The summed E-state index contributed by atoms with van der Waals surface area (Å²) >= 11 is 6.00. The lowest BCUT2D eigenvalue weighted by Gasteiger charge is -2.28. The number of nitrogens with zero attached hydrogens (tertiary/aromatic N) is 2. The Morgan fingerprint density at radius 2 is 2.33 bits per heavy atom. The second-order valence-electron chi connectivity index (χ2n) is 4.90. The Labute approximate surface area is 129 Å². The van der Waals surface area contributed by atoms with E-state index in [2.05, 4.69) is 4.98 Å². The predicted octanol–water partition coefficient (Wildman–Crippen LogP) is 1.01. The molecule has 116 valence electrons. The molecule has 1 aromatic heterocycles. The third kappa shape index (κ3) is 3.93. The van der Waals surface area contributed by atoms with Crippen molar-refractivity contribution in [3.63, 3.8) is 0 Å². The van der Waals surface area contributed by atoms with Crippen LogP contribution in [0.2, 0.25) is 5.02 Å². The molecule has 1 amide bonds. The van der Waals surface area contributed by atoms with Crippen LogP contribution in [0.25, 0.3) is 0 Å². The number of carbonyl (C=O) groups excluding carboxylic acids is 1. The number of carbonyl (C=O) groups is 1. The summed E-state index contributed by atoms with van der Waals surface area (Å²) in [4.78, 5) is 18.0. The highest BCUT2D eigenvalue weighted by atomic mass is 35.5. The number of methoxy groups -OCH3 is 1. The molecule has 8 heteroatoms. The molecule has 2 rings (SSSR count). The lowest BCUT2D eigenvalue weighted by atomic mass is 10.1. The van der Waals surface area contributed by atoms with Crippen molar-refractivity contribution in [3.05, 3.63) is 29.0 Å². The second kappa shape index (κ2) is 6.72. The third-order valence-electron chi connectivity index (χ3n) is 3.45. The standard InChI is InChI=1S/C13H17ClN2O4S/c1-20-6-5-16(10-3-7-21(18,19)9-10)13(17)11-2-4-15-8-12(11)14/h2,4,8,10H,3,5-7,9H2,1H3. The number of hydrogen-bond acceptors (Lipinski definition) is 5. The molecule has 0 radical (unpaired) electrons. The van der Waals surface area contributed by atoms with Crippen molar-refractivity contribution in [1.29, 1.82) is 0 Å². The maximum Gasteiger partial charge on any atom is 0.255 e. The fourth-order valence-corrected chi connectivity index (χ4v) is 4.30. The van der Waals surface area contributed by atoms with Gasteiger partial charge in [-0.1, -0.05) is 11.6 Å². The van der Waals surface area contributed by atoms with E-state index in [-0.39, 0.29) is 28.5 Å². The molecule has 1 unspecified atom stereocenters. The van der Waals surface area contributed by atoms with Gasteiger partial charge in [-0.2, -0.15) is 0 Å². The summed E-state index contributed by atoms with van der Waals surface area (Å²) in [7, 11) is -1.54. The summed E-state index contributed by atoms with van der Waals surface area (Å²) in [5.74, 6) is -0.189. The Bertz CT molecular complexity index is 620. The van der Waals surface area contributed by atoms with E-state index < -0.39 is 9.84 Å². The van der Waals surface area contributed by atoms with Gasteiger partial charge in [0.2, 0.25) is 0 Å². The van der Waals surface area contributed by atoms with Gasteiger partial charge in [-0.25, -0.2) is 8.42 Å². The number of halogens is 1. The molecule has 0 spiro atoms. The quantitative estimate of drug-likeness (QED) is 0.804. The van der Waals surface area contributed by atoms with E-state index in [4.69, 9.17) is 16.3 Å². The Morgan fingerprint density at radius 1 is 1.57 bits per heavy atom. The van der Waals surface area contributed by atoms with Crippen LogP contribution >= 0.6 is 11.6 Å². The van der Waals surface area contributed by atoms with Gasteiger partial charge in [0.15, 0.2) is 9.84 Å². The van der Waals surface area contributed by atoms with Gasteiger partial charge in [-0.3, -0.25) is 9.78 Å². The van der Waals surface area contributed by atoms with E-state index in [1.165, 1.54) is 30.5 Å². The van der Waals surface area contributed by atoms with Crippen molar-refractivity contribution in [2.75, 3.05) is 31.8 Å². The van der Waals surface area contributed by atoms with Crippen molar-refractivity contribution in [2.24, 2.45) is 0 Å². The molecule has 0 bridgehead atoms. The molecule has 0 N–H and O–H groups in total. The molecule has 0 aliphatic carbocycles. The maximum absolute atomic E-state index is 12.6. The van der Waals surface area contributed by atoms with Gasteiger partial charge < -0.3 is 9.64 Å². The van der Waals surface area contributed by atoms with Crippen molar-refractivity contribution in [2.45, 2.75) is 12.5 Å². The van der Waals surface area contributed by atoms with E-state index in [0.29, 0.717) is 25.1 Å². The van der Waals surface area contributed by atoms with Gasteiger partial charge >= 0.3 is 0 Å². The topological polar surface area (TPSA) is 76.6 Å². The molecule has 1 aromatic rings. The van der Waals surface area contributed by atoms with Gasteiger partial charge in [0.05, 0.1) is 28.7 Å². The molecule has 1 aliphatic heterocycles. The Kier molecular flexibility index (Phi) is 5.18. The van der Waals surface area contributed by atoms with Gasteiger partial charge in [0.25, 0.3) is 5.91 Å². The van der Waals surface area contributed by atoms with E-state index in [1.807, 2.05) is 0 Å². The average molecular weight is 333 g/mol. The van der Waals surface area contributed by atoms with Crippen molar-refractivity contribution >= 4 is 27.3 Å². The van der Waals surface area contributed by atoms with E-state index in [1.54, 1.807) is 0 Å². The zero-order valence-corrected chi connectivity index (χ0v) is 13.2. The highest BCUT2D eigenvalue weighted by Gasteiger charge is 2.35. The molecule has 0 saturated carbocycles. The molecule has 2 heterocycles. The highest BCUT2D eigenvalue weighted by Crippen LogP contribution is 2.22. The molecule has 6 nitrogen and oxygen atoms in total. The fraction of sp³-hybridized carbons (Fsp3) is 0.538. The minimum Gasteiger partial charge on any atom is -0.383 e. The number of amides is 1. The summed E-state index contributed by atoms with van der Waals surface area (Å²) < 4.78 is 28.3. The monoisotopic (exact) mass is 332 g/mol. The maximum atomic E-state index is 12.6. The molecule has 1 atom stereocenters. The summed E-state index contributed by atoms with van der Waals surface area (Å²) in [6.45, 7) is 0.666. The largest absolute Gasteiger partial charge is 0.383 e. The number of aromatic nitrogens is 1. The zero-order chi connectivity index (χ0) is 15.5. The van der Waals surface area contributed by atoms with E-state index in [9.17, 15) is 13.2 Å². The molecule has 1 fully saturated rings. The predicted molar refractivity (Wildman–Crippen MR) is 79.2 cm³/mol. The van der Waals surface area contributed by atoms with E-state index >= 15 is 0 Å². The SMILES string of the molecule is COCCN(C(=O)c1ccncc1Cl)C1CCS(=O)(=O)C1. The Hall–Kier alpha value is -1.18. The van der Waals surface area contributed by atoms with Crippen LogP contribution in [-0.4, -0.2) is 62.0 Å². The molecule has 1 aliphatic rings. The zero-order valence-electron chi connectivity index (χ0n) is 11.7. The van der Waals surface area contributed by atoms with Gasteiger partial charge in [0.1, 0.15) is 0 Å². The van der Waals surface area contributed by atoms with Gasteiger partial charge in [0, 0.05) is 32.1 Å². The molecule has 21 heavy (non-hydrogen) atoms. The van der Waals surface area contributed by atoms with Crippen LogP contribution in [0.15, 0.2) is 18.5 Å². The first-order chi connectivity index (χ1) is 9.94. The Morgan fingerprint density at radius 3 is 2.90 bits per heavy atom. The number of hydrogen-bond donors (Lipinski definition) is 0. The van der Waals surface area contributed by atoms with Crippen LogP contribution in [0.5, 0.6) is 0 Å². The number of pyridine rings is 1. The fourth-order valence-electron chi connectivity index (χ4n) is 2.36. The minimum absolute atomic E-state index is 0.00877. The van der Waals surface area contributed by atoms with Crippen molar-refractivity contribution in [3.8, 4) is 0 Å². The normalized spacial score (nSPS) is 20.4. The summed E-state index contributed by atoms with van der Waals surface area (Å²) in [6.07, 6.45) is 3.33. The molecular weight excluding hydrogens is 316 g/mol. The summed E-state index contributed by atoms with van der Waals surface area (Å²) in [6, 6.07) is 1.20. The lowest BCUT2D eigenvalue weighted by Crippen LogP contribution is -2.43. The first-order valence-electron chi connectivity index (χ1n) is 6.54. The van der Waals surface area contributed by atoms with Crippen LogP contribution in [0.3, 0.4) is 0 Å². The van der Waals surface area contributed by atoms with E-state index in [0.717, 1.165) is 0 Å². The minimum atomic E-state index is -3.07. The lowest BCUT2D eigenvalue weighted by molar-refractivity contribution is 0.0624. The Balaban J connectivity index is 2.24. The summed E-state index contributed by atoms with van der Waals surface area (Å²) in [5, 5.41) is 0.255. The molecule has 0 aromatic carbocycles. The summed E-state index contributed by atoms with van der Waals surface area (Å²) in [5.41, 5.74) is 0.326. The first-order valence-corrected chi connectivity index (χ1v) is 8.74. The van der Waals surface area contributed by atoms with Crippen LogP contribution in [-0.2, 0) is 14.6 Å². The smallest absolute Gasteiger partial charge is 0.255 e. The molecule has 1 saturated heterocycles. The number of rotatable bonds is 5. The van der Waals surface area contributed by atoms with Crippen LogP contribution in [0, 0.1) is 0 Å². The highest BCUT2D eigenvalue weighted by molar-refractivity contribution is 7.91. The van der Waals surface area contributed by atoms with Gasteiger partial charge in [-0.05, 0) is 12.5 Å². The second-order valence-corrected chi connectivity index (χ2v) is 7.54. The van der Waals surface area contributed by atoms with Crippen molar-refractivity contribution in [1.82, 2.24) is 9.88 Å². The first kappa shape index (κ1) is 16.2. The van der Waals surface area contributed by atoms with Crippen molar-refractivity contribution < 1.29 is 17.9 Å². The third-order valence-corrected chi connectivity index (χ3v) is 5.50. The van der Waals surface area contributed by atoms with Crippen LogP contribution in [0.1, 0.15) is 16.8 Å². The number of ether oxygens (including phenoxy) is 1. The average Bonchev–Trinajstić information content (AvgIpc) is 2.79. The van der Waals surface area contributed by atoms with Crippen LogP contribution in [0.4, 0.5) is 0 Å².